The van der Waals surface area contributed by atoms with E-state index in [0.717, 1.165) is 17.3 Å². The first-order chi connectivity index (χ1) is 11.6. The average molecular weight is 349 g/mol. The SMILES string of the molecule is CCCCCCCCCCCNC(=S)Nc1ccc(C(C)C)cc1. The van der Waals surface area contributed by atoms with E-state index in [0.29, 0.717) is 5.92 Å². The zero-order chi connectivity index (χ0) is 17.6. The van der Waals surface area contributed by atoms with Gasteiger partial charge in [-0.15, -0.1) is 0 Å². The fraction of sp³-hybridized carbons (Fsp3) is 0.667. The molecule has 0 saturated heterocycles. The smallest absolute Gasteiger partial charge is 0.170 e. The van der Waals surface area contributed by atoms with E-state index in [4.69, 9.17) is 12.2 Å². The van der Waals surface area contributed by atoms with Gasteiger partial charge >= 0.3 is 0 Å². The molecule has 0 aliphatic rings. The van der Waals surface area contributed by atoms with Crippen molar-refractivity contribution in [3.63, 3.8) is 0 Å². The van der Waals surface area contributed by atoms with E-state index in [-0.39, 0.29) is 0 Å². The van der Waals surface area contributed by atoms with Crippen molar-refractivity contribution in [1.82, 2.24) is 5.32 Å². The Morgan fingerprint density at radius 3 is 1.96 bits per heavy atom. The van der Waals surface area contributed by atoms with Gasteiger partial charge in [0.25, 0.3) is 0 Å². The molecule has 0 saturated carbocycles. The van der Waals surface area contributed by atoms with E-state index in [9.17, 15) is 0 Å². The number of hydrogen-bond donors (Lipinski definition) is 2. The van der Waals surface area contributed by atoms with Crippen LogP contribution in [0.4, 0.5) is 5.69 Å². The molecule has 0 radical (unpaired) electrons. The largest absolute Gasteiger partial charge is 0.362 e. The highest BCUT2D eigenvalue weighted by Crippen LogP contribution is 2.17. The zero-order valence-corrected chi connectivity index (χ0v) is 16.7. The maximum atomic E-state index is 5.36. The summed E-state index contributed by atoms with van der Waals surface area (Å²) >= 11 is 5.36. The van der Waals surface area contributed by atoms with Crippen LogP contribution in [0.3, 0.4) is 0 Å². The molecule has 24 heavy (non-hydrogen) atoms. The number of nitrogens with one attached hydrogen (secondary N) is 2. The van der Waals surface area contributed by atoms with Crippen LogP contribution in [0, 0.1) is 0 Å². The molecular formula is C21H36N2S. The Hall–Kier alpha value is -1.09. The molecule has 1 aromatic carbocycles. The van der Waals surface area contributed by atoms with Crippen molar-refractivity contribution >= 4 is 23.0 Å². The van der Waals surface area contributed by atoms with Crippen molar-refractivity contribution in [2.24, 2.45) is 0 Å². The van der Waals surface area contributed by atoms with E-state index in [1.54, 1.807) is 0 Å². The number of anilines is 1. The van der Waals surface area contributed by atoms with Crippen molar-refractivity contribution in [3.05, 3.63) is 29.8 Å². The molecule has 0 aliphatic heterocycles. The van der Waals surface area contributed by atoms with Crippen molar-refractivity contribution in [2.75, 3.05) is 11.9 Å². The topological polar surface area (TPSA) is 24.1 Å². The van der Waals surface area contributed by atoms with Gasteiger partial charge in [0.05, 0.1) is 0 Å². The Morgan fingerprint density at radius 2 is 1.42 bits per heavy atom. The molecule has 0 heterocycles. The molecule has 2 nitrogen and oxygen atoms in total. The van der Waals surface area contributed by atoms with E-state index in [2.05, 4.69) is 55.7 Å². The lowest BCUT2D eigenvalue weighted by molar-refractivity contribution is 0.563. The van der Waals surface area contributed by atoms with Crippen LogP contribution in [0.2, 0.25) is 0 Å². The van der Waals surface area contributed by atoms with E-state index in [1.807, 2.05) is 0 Å². The van der Waals surface area contributed by atoms with Crippen LogP contribution in [-0.2, 0) is 0 Å². The molecule has 0 unspecified atom stereocenters. The third-order valence-electron chi connectivity index (χ3n) is 4.40. The second-order valence-corrected chi connectivity index (χ2v) is 7.39. The summed E-state index contributed by atoms with van der Waals surface area (Å²) in [4.78, 5) is 0. The van der Waals surface area contributed by atoms with Crippen LogP contribution >= 0.6 is 12.2 Å². The molecule has 136 valence electrons. The average Bonchev–Trinajstić information content (AvgIpc) is 2.57. The van der Waals surface area contributed by atoms with Crippen LogP contribution < -0.4 is 10.6 Å². The molecule has 0 fully saturated rings. The monoisotopic (exact) mass is 348 g/mol. The zero-order valence-electron chi connectivity index (χ0n) is 15.9. The quantitative estimate of drug-likeness (QED) is 0.327. The van der Waals surface area contributed by atoms with Gasteiger partial charge in [-0.1, -0.05) is 84.3 Å². The molecule has 0 amide bonds. The predicted molar refractivity (Wildman–Crippen MR) is 112 cm³/mol. The summed E-state index contributed by atoms with van der Waals surface area (Å²) in [5.41, 5.74) is 2.41. The highest BCUT2D eigenvalue weighted by molar-refractivity contribution is 7.80. The van der Waals surface area contributed by atoms with Gasteiger partial charge in [-0.05, 0) is 42.3 Å². The van der Waals surface area contributed by atoms with Crippen LogP contribution in [0.25, 0.3) is 0 Å². The molecule has 0 bridgehead atoms. The second kappa shape index (κ2) is 13.2. The van der Waals surface area contributed by atoms with Crippen molar-refractivity contribution in [3.8, 4) is 0 Å². The first-order valence-corrected chi connectivity index (χ1v) is 10.2. The third-order valence-corrected chi connectivity index (χ3v) is 4.65. The number of hydrogen-bond acceptors (Lipinski definition) is 1. The summed E-state index contributed by atoms with van der Waals surface area (Å²) in [5.74, 6) is 0.566. The minimum absolute atomic E-state index is 0.566. The normalized spacial score (nSPS) is 10.8. The third kappa shape index (κ3) is 9.92. The van der Waals surface area contributed by atoms with E-state index in [1.165, 1.54) is 63.4 Å². The van der Waals surface area contributed by atoms with Gasteiger partial charge in [-0.2, -0.15) is 0 Å². The first-order valence-electron chi connectivity index (χ1n) is 9.78. The molecule has 0 atom stereocenters. The molecule has 0 aromatic heterocycles. The van der Waals surface area contributed by atoms with Crippen molar-refractivity contribution in [1.29, 1.82) is 0 Å². The maximum Gasteiger partial charge on any atom is 0.170 e. The molecule has 0 spiro atoms. The van der Waals surface area contributed by atoms with Gasteiger partial charge in [-0.25, -0.2) is 0 Å². The fourth-order valence-corrected chi connectivity index (χ4v) is 2.98. The number of rotatable bonds is 12. The summed E-state index contributed by atoms with van der Waals surface area (Å²) in [6.07, 6.45) is 12.2. The van der Waals surface area contributed by atoms with Crippen LogP contribution in [0.5, 0.6) is 0 Å². The standard InChI is InChI=1S/C21H36N2S/c1-4-5-6-7-8-9-10-11-12-17-22-21(24)23-20-15-13-19(14-16-20)18(2)3/h13-16,18H,4-12,17H2,1-3H3,(H2,22,23,24). The summed E-state index contributed by atoms with van der Waals surface area (Å²) in [6, 6.07) is 8.52. The Labute approximate surface area is 154 Å². The first kappa shape index (κ1) is 21.0. The van der Waals surface area contributed by atoms with Crippen molar-refractivity contribution in [2.45, 2.75) is 84.5 Å². The van der Waals surface area contributed by atoms with Gasteiger partial charge < -0.3 is 10.6 Å². The summed E-state index contributed by atoms with van der Waals surface area (Å²) < 4.78 is 0. The molecule has 1 aromatic rings. The molecule has 3 heteroatoms. The van der Waals surface area contributed by atoms with Crippen LogP contribution in [0.1, 0.15) is 90.0 Å². The molecule has 0 aliphatic carbocycles. The van der Waals surface area contributed by atoms with Gasteiger partial charge in [-0.3, -0.25) is 0 Å². The van der Waals surface area contributed by atoms with E-state index >= 15 is 0 Å². The Kier molecular flexibility index (Phi) is 11.5. The molecular weight excluding hydrogens is 312 g/mol. The van der Waals surface area contributed by atoms with E-state index < -0.39 is 0 Å². The molecule has 2 N–H and O–H groups in total. The lowest BCUT2D eigenvalue weighted by atomic mass is 10.0. The second-order valence-electron chi connectivity index (χ2n) is 6.99. The van der Waals surface area contributed by atoms with Crippen LogP contribution in [-0.4, -0.2) is 11.7 Å². The Bertz CT molecular complexity index is 440. The lowest BCUT2D eigenvalue weighted by Crippen LogP contribution is -2.29. The number of thiocarbonyl (C=S) groups is 1. The number of unbranched alkanes of at least 4 members (excludes halogenated alkanes) is 8. The maximum absolute atomic E-state index is 5.36. The lowest BCUT2D eigenvalue weighted by Gasteiger charge is -2.12. The summed E-state index contributed by atoms with van der Waals surface area (Å²) in [5, 5.41) is 7.30. The minimum atomic E-state index is 0.566. The Balaban J connectivity index is 2.02. The predicted octanol–water partition coefficient (Wildman–Crippen LogP) is 6.63. The Morgan fingerprint density at radius 1 is 0.875 bits per heavy atom. The highest BCUT2D eigenvalue weighted by Gasteiger charge is 2.00. The minimum Gasteiger partial charge on any atom is -0.362 e. The van der Waals surface area contributed by atoms with Gasteiger partial charge in [0.15, 0.2) is 5.11 Å². The van der Waals surface area contributed by atoms with Crippen LogP contribution in [0.15, 0.2) is 24.3 Å². The summed E-state index contributed by atoms with van der Waals surface area (Å²) in [6.45, 7) is 7.65. The molecule has 1 rings (SSSR count). The van der Waals surface area contributed by atoms with Gasteiger partial charge in [0, 0.05) is 12.2 Å². The summed E-state index contributed by atoms with van der Waals surface area (Å²) in [7, 11) is 0. The number of benzene rings is 1. The van der Waals surface area contributed by atoms with Gasteiger partial charge in [0.2, 0.25) is 0 Å². The fourth-order valence-electron chi connectivity index (χ4n) is 2.76. The van der Waals surface area contributed by atoms with Crippen molar-refractivity contribution < 1.29 is 0 Å². The van der Waals surface area contributed by atoms with Gasteiger partial charge in [0.1, 0.15) is 0 Å². The highest BCUT2D eigenvalue weighted by atomic mass is 32.1.